The van der Waals surface area contributed by atoms with Crippen LogP contribution in [0.2, 0.25) is 0 Å². The Morgan fingerprint density at radius 3 is 2.67 bits per heavy atom. The summed E-state index contributed by atoms with van der Waals surface area (Å²) in [5.74, 6) is -0.498. The van der Waals surface area contributed by atoms with Crippen molar-refractivity contribution in [3.05, 3.63) is 41.5 Å². The molecule has 1 aromatic heterocycles. The number of sulfonamides is 1. The molecule has 0 unspecified atom stereocenters. The van der Waals surface area contributed by atoms with Gasteiger partial charge in [0.2, 0.25) is 0 Å². The number of aromatic nitrogens is 2. The van der Waals surface area contributed by atoms with Gasteiger partial charge in [-0.05, 0) is 31.5 Å². The van der Waals surface area contributed by atoms with E-state index in [1.807, 2.05) is 0 Å². The lowest BCUT2D eigenvalue weighted by Gasteiger charge is -2.09. The van der Waals surface area contributed by atoms with Crippen LogP contribution < -0.4 is 4.72 Å². The van der Waals surface area contributed by atoms with Crippen molar-refractivity contribution in [1.29, 1.82) is 0 Å². The second kappa shape index (κ2) is 4.41. The van der Waals surface area contributed by atoms with Gasteiger partial charge in [-0.1, -0.05) is 6.07 Å². The number of rotatable bonds is 3. The molecule has 96 valence electrons. The molecule has 0 aliphatic heterocycles. The van der Waals surface area contributed by atoms with E-state index in [4.69, 9.17) is 0 Å². The van der Waals surface area contributed by atoms with Gasteiger partial charge in [0, 0.05) is 0 Å². The second-order valence-electron chi connectivity index (χ2n) is 3.92. The van der Waals surface area contributed by atoms with Crippen LogP contribution in [0.5, 0.6) is 0 Å². The first-order chi connectivity index (χ1) is 8.40. The van der Waals surface area contributed by atoms with E-state index in [0.717, 1.165) is 6.07 Å². The van der Waals surface area contributed by atoms with Crippen LogP contribution in [0, 0.1) is 19.7 Å². The average molecular weight is 269 g/mol. The minimum atomic E-state index is -3.75. The molecule has 0 atom stereocenters. The zero-order valence-corrected chi connectivity index (χ0v) is 10.7. The zero-order chi connectivity index (χ0) is 13.3. The van der Waals surface area contributed by atoms with Crippen molar-refractivity contribution in [3.63, 3.8) is 0 Å². The molecule has 1 heterocycles. The Morgan fingerprint density at radius 2 is 2.06 bits per heavy atom. The van der Waals surface area contributed by atoms with Crippen LogP contribution >= 0.6 is 0 Å². The Labute approximate surface area is 104 Å². The Bertz CT molecular complexity index is 679. The highest BCUT2D eigenvalue weighted by Crippen LogP contribution is 2.21. The third kappa shape index (κ3) is 2.35. The lowest BCUT2D eigenvalue weighted by atomic mass is 10.2. The summed E-state index contributed by atoms with van der Waals surface area (Å²) in [4.78, 5) is 0.0474. The summed E-state index contributed by atoms with van der Waals surface area (Å²) in [7, 11) is -3.75. The van der Waals surface area contributed by atoms with Crippen molar-refractivity contribution < 1.29 is 12.8 Å². The number of H-pyrrole nitrogens is 1. The van der Waals surface area contributed by atoms with Gasteiger partial charge in [0.1, 0.15) is 10.7 Å². The summed E-state index contributed by atoms with van der Waals surface area (Å²) in [6.07, 6.45) is 1.21. The molecule has 0 fully saturated rings. The molecule has 2 rings (SSSR count). The molecule has 0 bridgehead atoms. The normalized spacial score (nSPS) is 11.5. The van der Waals surface area contributed by atoms with Crippen LogP contribution in [0.3, 0.4) is 0 Å². The Morgan fingerprint density at radius 1 is 1.33 bits per heavy atom. The van der Waals surface area contributed by atoms with E-state index in [1.54, 1.807) is 13.8 Å². The molecule has 1 aromatic carbocycles. The fourth-order valence-electron chi connectivity index (χ4n) is 1.51. The highest BCUT2D eigenvalue weighted by atomic mass is 32.2. The lowest BCUT2D eigenvalue weighted by molar-refractivity contribution is 0.600. The van der Waals surface area contributed by atoms with Crippen LogP contribution in [0.4, 0.5) is 10.1 Å². The van der Waals surface area contributed by atoms with Gasteiger partial charge < -0.3 is 0 Å². The summed E-state index contributed by atoms with van der Waals surface area (Å²) in [5, 5.41) is 6.19. The van der Waals surface area contributed by atoms with E-state index in [0.29, 0.717) is 11.3 Å². The Hall–Kier alpha value is -1.89. The molecule has 0 saturated carbocycles. The smallest absolute Gasteiger partial charge is 0.265 e. The van der Waals surface area contributed by atoms with Crippen molar-refractivity contribution in [2.24, 2.45) is 0 Å². The van der Waals surface area contributed by atoms with Crippen molar-refractivity contribution in [2.45, 2.75) is 18.7 Å². The molecular weight excluding hydrogens is 257 g/mol. The van der Waals surface area contributed by atoms with E-state index in [-0.39, 0.29) is 10.6 Å². The minimum Gasteiger partial charge on any atom is -0.281 e. The van der Waals surface area contributed by atoms with E-state index in [1.165, 1.54) is 18.3 Å². The minimum absolute atomic E-state index is 0.0474. The number of aryl methyl sites for hydroxylation is 2. The molecule has 0 saturated heterocycles. The maximum absolute atomic E-state index is 13.1. The monoisotopic (exact) mass is 269 g/mol. The highest BCUT2D eigenvalue weighted by Gasteiger charge is 2.19. The number of anilines is 1. The lowest BCUT2D eigenvalue weighted by Crippen LogP contribution is -2.14. The molecule has 2 N–H and O–H groups in total. The van der Waals surface area contributed by atoms with Crippen molar-refractivity contribution in [2.75, 3.05) is 4.72 Å². The largest absolute Gasteiger partial charge is 0.281 e. The van der Waals surface area contributed by atoms with Gasteiger partial charge in [0.05, 0.1) is 17.6 Å². The van der Waals surface area contributed by atoms with Crippen molar-refractivity contribution >= 4 is 15.7 Å². The van der Waals surface area contributed by atoms with Gasteiger partial charge >= 0.3 is 0 Å². The predicted molar refractivity (Wildman–Crippen MR) is 65.3 cm³/mol. The number of nitrogens with zero attached hydrogens (tertiary/aromatic N) is 1. The number of hydrogen-bond acceptors (Lipinski definition) is 3. The molecular formula is C11H12FN3O2S. The molecule has 0 amide bonds. The van der Waals surface area contributed by atoms with E-state index < -0.39 is 15.8 Å². The maximum atomic E-state index is 13.1. The van der Waals surface area contributed by atoms with Crippen molar-refractivity contribution in [1.82, 2.24) is 10.2 Å². The molecule has 2 aromatic rings. The fourth-order valence-corrected chi connectivity index (χ4v) is 2.77. The Balaban J connectivity index is 2.40. The number of hydrogen-bond donors (Lipinski definition) is 2. The molecule has 18 heavy (non-hydrogen) atoms. The van der Waals surface area contributed by atoms with Gasteiger partial charge in [0.15, 0.2) is 0 Å². The number of nitrogens with one attached hydrogen (secondary N) is 2. The van der Waals surface area contributed by atoms with Crippen molar-refractivity contribution in [3.8, 4) is 0 Å². The summed E-state index contributed by atoms with van der Waals surface area (Å²) >= 11 is 0. The fraction of sp³-hybridized carbons (Fsp3) is 0.182. The van der Waals surface area contributed by atoms with Crippen LogP contribution in [0.1, 0.15) is 11.3 Å². The van der Waals surface area contributed by atoms with Gasteiger partial charge in [-0.2, -0.15) is 5.10 Å². The van der Waals surface area contributed by atoms with Crippen LogP contribution in [-0.4, -0.2) is 18.6 Å². The SMILES string of the molecule is Cc1ccc(F)cc1NS(=O)(=O)c1cn[nH]c1C. The van der Waals surface area contributed by atoms with Gasteiger partial charge in [-0.3, -0.25) is 9.82 Å². The third-order valence-electron chi connectivity index (χ3n) is 2.52. The molecule has 0 spiro atoms. The second-order valence-corrected chi connectivity index (χ2v) is 5.57. The number of aromatic amines is 1. The predicted octanol–water partition coefficient (Wildman–Crippen LogP) is 1.97. The Kier molecular flexibility index (Phi) is 3.08. The van der Waals surface area contributed by atoms with Crippen LogP contribution in [0.25, 0.3) is 0 Å². The quantitative estimate of drug-likeness (QED) is 0.894. The van der Waals surface area contributed by atoms with E-state index in [9.17, 15) is 12.8 Å². The molecule has 0 aliphatic rings. The first-order valence-electron chi connectivity index (χ1n) is 5.19. The summed E-state index contributed by atoms with van der Waals surface area (Å²) in [5.41, 5.74) is 1.29. The maximum Gasteiger partial charge on any atom is 0.265 e. The summed E-state index contributed by atoms with van der Waals surface area (Å²) < 4.78 is 39.5. The molecule has 0 aliphatic carbocycles. The first kappa shape index (κ1) is 12.6. The number of halogens is 1. The average Bonchev–Trinajstić information content (AvgIpc) is 2.70. The van der Waals surface area contributed by atoms with Gasteiger partial charge in [-0.15, -0.1) is 0 Å². The highest BCUT2D eigenvalue weighted by molar-refractivity contribution is 7.92. The van der Waals surface area contributed by atoms with E-state index >= 15 is 0 Å². The molecule has 7 heteroatoms. The van der Waals surface area contributed by atoms with Gasteiger partial charge in [-0.25, -0.2) is 12.8 Å². The van der Waals surface area contributed by atoms with Gasteiger partial charge in [0.25, 0.3) is 10.0 Å². The standard InChI is InChI=1S/C11H12FN3O2S/c1-7-3-4-9(12)5-10(7)15-18(16,17)11-6-13-14-8(11)2/h3-6,15H,1-2H3,(H,13,14). The topological polar surface area (TPSA) is 74.8 Å². The summed E-state index contributed by atoms with van der Waals surface area (Å²) in [6.45, 7) is 3.29. The summed E-state index contributed by atoms with van der Waals surface area (Å²) in [6, 6.07) is 3.92. The van der Waals surface area contributed by atoms with Crippen LogP contribution in [-0.2, 0) is 10.0 Å². The van der Waals surface area contributed by atoms with Crippen LogP contribution in [0.15, 0.2) is 29.3 Å². The molecule has 5 nitrogen and oxygen atoms in total. The first-order valence-corrected chi connectivity index (χ1v) is 6.67. The third-order valence-corrected chi connectivity index (χ3v) is 4.00. The molecule has 0 radical (unpaired) electrons. The zero-order valence-electron chi connectivity index (χ0n) is 9.86. The number of benzene rings is 1. The van der Waals surface area contributed by atoms with E-state index in [2.05, 4.69) is 14.9 Å².